The van der Waals surface area contributed by atoms with Crippen molar-refractivity contribution < 1.29 is 33.3 Å². The van der Waals surface area contributed by atoms with Gasteiger partial charge < -0.3 is 29.6 Å². The Labute approximate surface area is 202 Å². The normalized spacial score (nSPS) is 14.9. The predicted molar refractivity (Wildman–Crippen MR) is 128 cm³/mol. The first-order valence-electron chi connectivity index (χ1n) is 11.0. The maximum absolute atomic E-state index is 12.2. The van der Waals surface area contributed by atoms with Crippen LogP contribution in [0.3, 0.4) is 0 Å². The lowest BCUT2D eigenvalue weighted by Crippen LogP contribution is -2.35. The number of hydrogen-bond acceptors (Lipinski definition) is 8. The number of ether oxygens (including phenoxy) is 4. The highest BCUT2D eigenvalue weighted by Crippen LogP contribution is 2.28. The Hall–Kier alpha value is -4.12. The number of carbonyl (C=O) groups excluding carboxylic acids is 3. The number of hydrazone groups is 1. The quantitative estimate of drug-likeness (QED) is 0.264. The van der Waals surface area contributed by atoms with E-state index in [1.54, 1.807) is 36.4 Å². The van der Waals surface area contributed by atoms with E-state index in [0.29, 0.717) is 29.4 Å². The van der Waals surface area contributed by atoms with Gasteiger partial charge in [0.05, 0.1) is 32.2 Å². The van der Waals surface area contributed by atoms with Crippen LogP contribution in [0.25, 0.3) is 0 Å². The van der Waals surface area contributed by atoms with Crippen molar-refractivity contribution in [2.24, 2.45) is 5.10 Å². The minimum atomic E-state index is -0.958. The summed E-state index contributed by atoms with van der Waals surface area (Å²) in [4.78, 5) is 36.1. The SMILES string of the molecule is COc1ccc(OC)c(NC(=O)C(=O)N/N=C\c2ccc(OCC(=O)NC[C@@H]3CCCO3)cc2)c1. The molecule has 0 bridgehead atoms. The summed E-state index contributed by atoms with van der Waals surface area (Å²) in [5.41, 5.74) is 3.09. The number of nitrogens with zero attached hydrogens (tertiary/aromatic N) is 1. The maximum Gasteiger partial charge on any atom is 0.329 e. The van der Waals surface area contributed by atoms with Crippen LogP contribution in [0, 0.1) is 0 Å². The van der Waals surface area contributed by atoms with Crippen LogP contribution in [-0.2, 0) is 19.1 Å². The fraction of sp³-hybridized carbons (Fsp3) is 0.333. The molecule has 3 N–H and O–H groups in total. The topological polar surface area (TPSA) is 137 Å². The van der Waals surface area contributed by atoms with Crippen LogP contribution < -0.4 is 30.3 Å². The zero-order valence-corrected chi connectivity index (χ0v) is 19.5. The fourth-order valence-electron chi connectivity index (χ4n) is 3.19. The van der Waals surface area contributed by atoms with Crippen LogP contribution in [-0.4, -0.2) is 64.0 Å². The summed E-state index contributed by atoms with van der Waals surface area (Å²) < 4.78 is 21.2. The van der Waals surface area contributed by atoms with Crippen molar-refractivity contribution in [2.75, 3.05) is 39.3 Å². The van der Waals surface area contributed by atoms with Crippen LogP contribution in [0.1, 0.15) is 18.4 Å². The number of rotatable bonds is 10. The van der Waals surface area contributed by atoms with Crippen molar-refractivity contribution in [3.05, 3.63) is 48.0 Å². The van der Waals surface area contributed by atoms with Crippen LogP contribution >= 0.6 is 0 Å². The van der Waals surface area contributed by atoms with E-state index in [-0.39, 0.29) is 24.3 Å². The monoisotopic (exact) mass is 484 g/mol. The molecule has 1 aliphatic rings. The Morgan fingerprint density at radius 1 is 1.06 bits per heavy atom. The van der Waals surface area contributed by atoms with Crippen molar-refractivity contribution in [3.8, 4) is 17.2 Å². The number of nitrogens with one attached hydrogen (secondary N) is 3. The minimum Gasteiger partial charge on any atom is -0.497 e. The lowest BCUT2D eigenvalue weighted by atomic mass is 10.2. The summed E-state index contributed by atoms with van der Waals surface area (Å²) in [6.45, 7) is 1.11. The molecule has 0 unspecified atom stereocenters. The standard InChI is InChI=1S/C24H28N4O7/c1-32-18-9-10-21(33-2)20(12-18)27-23(30)24(31)28-26-13-16-5-7-17(8-6-16)35-15-22(29)25-14-19-4-3-11-34-19/h5-10,12-13,19H,3-4,11,14-15H2,1-2H3,(H,25,29)(H,27,30)(H,28,31)/b26-13-/t19-/m0/s1. The molecule has 3 rings (SSSR count). The van der Waals surface area contributed by atoms with Crippen molar-refractivity contribution in [1.29, 1.82) is 0 Å². The second kappa shape index (κ2) is 12.9. The molecule has 35 heavy (non-hydrogen) atoms. The lowest BCUT2D eigenvalue weighted by Gasteiger charge is -2.11. The molecular weight excluding hydrogens is 456 g/mol. The molecule has 0 radical (unpaired) electrons. The van der Waals surface area contributed by atoms with Crippen molar-refractivity contribution in [2.45, 2.75) is 18.9 Å². The summed E-state index contributed by atoms with van der Waals surface area (Å²) in [5.74, 6) is -0.733. The van der Waals surface area contributed by atoms with Crippen molar-refractivity contribution in [3.63, 3.8) is 0 Å². The first-order chi connectivity index (χ1) is 17.0. The van der Waals surface area contributed by atoms with Crippen LogP contribution in [0.2, 0.25) is 0 Å². The van der Waals surface area contributed by atoms with E-state index in [4.69, 9.17) is 18.9 Å². The Morgan fingerprint density at radius 2 is 1.83 bits per heavy atom. The van der Waals surface area contributed by atoms with Gasteiger partial charge in [-0.05, 0) is 54.8 Å². The average molecular weight is 485 g/mol. The highest BCUT2D eigenvalue weighted by atomic mass is 16.5. The summed E-state index contributed by atoms with van der Waals surface area (Å²) in [6.07, 6.45) is 3.41. The van der Waals surface area contributed by atoms with E-state index in [9.17, 15) is 14.4 Å². The van der Waals surface area contributed by atoms with Gasteiger partial charge in [-0.25, -0.2) is 5.43 Å². The third-order valence-electron chi connectivity index (χ3n) is 5.04. The second-order valence-electron chi connectivity index (χ2n) is 7.52. The van der Waals surface area contributed by atoms with Crippen LogP contribution in [0.15, 0.2) is 47.6 Å². The number of amides is 3. The van der Waals surface area contributed by atoms with Gasteiger partial charge in [-0.1, -0.05) is 0 Å². The van der Waals surface area contributed by atoms with Crippen molar-refractivity contribution >= 4 is 29.6 Å². The molecule has 1 aliphatic heterocycles. The third kappa shape index (κ3) is 8.00. The predicted octanol–water partition coefficient (Wildman–Crippen LogP) is 1.47. The molecule has 11 nitrogen and oxygen atoms in total. The molecule has 0 spiro atoms. The van der Waals surface area contributed by atoms with E-state index in [1.165, 1.54) is 26.5 Å². The molecule has 0 aromatic heterocycles. The summed E-state index contributed by atoms with van der Waals surface area (Å²) in [5, 5.41) is 9.03. The maximum atomic E-state index is 12.2. The Kier molecular flexibility index (Phi) is 9.43. The molecule has 0 saturated carbocycles. The Bertz CT molecular complexity index is 1050. The van der Waals surface area contributed by atoms with E-state index >= 15 is 0 Å². The summed E-state index contributed by atoms with van der Waals surface area (Å²) >= 11 is 0. The molecule has 0 aliphatic carbocycles. The van der Waals surface area contributed by atoms with E-state index in [0.717, 1.165) is 19.4 Å². The highest BCUT2D eigenvalue weighted by Gasteiger charge is 2.17. The number of methoxy groups -OCH3 is 2. The second-order valence-corrected chi connectivity index (χ2v) is 7.52. The van der Waals surface area contributed by atoms with Crippen molar-refractivity contribution in [1.82, 2.24) is 10.7 Å². The van der Waals surface area contributed by atoms with Gasteiger partial charge in [0.15, 0.2) is 6.61 Å². The van der Waals surface area contributed by atoms with Gasteiger partial charge >= 0.3 is 11.8 Å². The molecule has 2 aromatic carbocycles. The van der Waals surface area contributed by atoms with E-state index < -0.39 is 11.8 Å². The van der Waals surface area contributed by atoms with E-state index in [1.807, 2.05) is 0 Å². The Balaban J connectivity index is 1.42. The lowest BCUT2D eigenvalue weighted by molar-refractivity contribution is -0.136. The smallest absolute Gasteiger partial charge is 0.329 e. The third-order valence-corrected chi connectivity index (χ3v) is 5.04. The molecule has 1 atom stereocenters. The van der Waals surface area contributed by atoms with Gasteiger partial charge in [0, 0.05) is 19.2 Å². The molecule has 1 heterocycles. The Morgan fingerprint density at radius 3 is 2.51 bits per heavy atom. The number of benzene rings is 2. The molecule has 1 fully saturated rings. The van der Waals surface area contributed by atoms with Gasteiger partial charge in [-0.3, -0.25) is 14.4 Å². The summed E-state index contributed by atoms with van der Waals surface area (Å²) in [7, 11) is 2.93. The largest absolute Gasteiger partial charge is 0.497 e. The number of hydrogen-bond donors (Lipinski definition) is 3. The van der Waals surface area contributed by atoms with Gasteiger partial charge in [0.25, 0.3) is 5.91 Å². The first-order valence-corrected chi connectivity index (χ1v) is 11.0. The van der Waals surface area contributed by atoms with Crippen LogP contribution in [0.5, 0.6) is 17.2 Å². The molecule has 11 heteroatoms. The van der Waals surface area contributed by atoms with E-state index in [2.05, 4.69) is 21.2 Å². The zero-order valence-electron chi connectivity index (χ0n) is 19.5. The minimum absolute atomic E-state index is 0.0776. The highest BCUT2D eigenvalue weighted by molar-refractivity contribution is 6.39. The molecule has 3 amide bonds. The number of carbonyl (C=O) groups is 3. The molecular formula is C24H28N4O7. The first kappa shape index (κ1) is 25.5. The summed E-state index contributed by atoms with van der Waals surface area (Å²) in [6, 6.07) is 11.5. The number of anilines is 1. The van der Waals surface area contributed by atoms with Gasteiger partial charge in [-0.15, -0.1) is 0 Å². The van der Waals surface area contributed by atoms with Gasteiger partial charge in [0.2, 0.25) is 0 Å². The molecule has 1 saturated heterocycles. The average Bonchev–Trinajstić information content (AvgIpc) is 3.40. The van der Waals surface area contributed by atoms with Gasteiger partial charge in [0.1, 0.15) is 17.2 Å². The molecule has 186 valence electrons. The van der Waals surface area contributed by atoms with Crippen LogP contribution in [0.4, 0.5) is 5.69 Å². The van der Waals surface area contributed by atoms with Gasteiger partial charge in [-0.2, -0.15) is 5.10 Å². The zero-order chi connectivity index (χ0) is 25.0. The molecule has 2 aromatic rings. The fourth-order valence-corrected chi connectivity index (χ4v) is 3.19.